The van der Waals surface area contributed by atoms with Gasteiger partial charge in [-0.25, -0.2) is 18.4 Å². The Morgan fingerprint density at radius 1 is 1.11 bits per heavy atom. The van der Waals surface area contributed by atoms with Crippen molar-refractivity contribution in [3.05, 3.63) is 114 Å². The Labute approximate surface area is 206 Å². The molecule has 3 aromatic carbocycles. The third-order valence-electron chi connectivity index (χ3n) is 5.49. The number of halogens is 2. The Hall–Kier alpha value is -4.37. The van der Waals surface area contributed by atoms with Crippen LogP contribution in [0.2, 0.25) is 0 Å². The summed E-state index contributed by atoms with van der Waals surface area (Å²) in [5.74, 6) is -0.895. The highest BCUT2D eigenvalue weighted by molar-refractivity contribution is 6.07. The fraction of sp³-hybridized carbons (Fsp3) is 0.148. The van der Waals surface area contributed by atoms with Gasteiger partial charge < -0.3 is 14.6 Å². The molecule has 0 fully saturated rings. The first kappa shape index (κ1) is 24.7. The SMILES string of the molecule is COc1ccccc1C=CC(=O)c1ccc(OCC(O)(Cn2cncn2)c2ccc(F)cc2F)cc1. The fourth-order valence-corrected chi connectivity index (χ4v) is 3.64. The van der Waals surface area contributed by atoms with Crippen molar-refractivity contribution in [2.75, 3.05) is 13.7 Å². The molecule has 0 aliphatic carbocycles. The van der Waals surface area contributed by atoms with E-state index >= 15 is 0 Å². The van der Waals surface area contributed by atoms with Gasteiger partial charge in [-0.15, -0.1) is 0 Å². The maximum atomic E-state index is 14.5. The van der Waals surface area contributed by atoms with Gasteiger partial charge in [0.05, 0.1) is 13.7 Å². The summed E-state index contributed by atoms with van der Waals surface area (Å²) in [6.45, 7) is -0.545. The number of rotatable bonds is 10. The number of aliphatic hydroxyl groups is 1. The third kappa shape index (κ3) is 5.81. The standard InChI is InChI=1S/C27H23F2N3O4/c1-35-26-5-3-2-4-20(26)8-13-25(33)19-6-10-22(11-7-19)36-16-27(34,15-32-18-30-17-31-32)23-12-9-21(28)14-24(23)29/h2-14,17-18,34H,15-16H2,1H3. The predicted octanol–water partition coefficient (Wildman–Crippen LogP) is 4.43. The summed E-state index contributed by atoms with van der Waals surface area (Å²) in [5.41, 5.74) is -0.825. The third-order valence-corrected chi connectivity index (χ3v) is 5.49. The van der Waals surface area contributed by atoms with Crippen molar-refractivity contribution in [3.63, 3.8) is 0 Å². The fourth-order valence-electron chi connectivity index (χ4n) is 3.64. The van der Waals surface area contributed by atoms with Crippen molar-refractivity contribution < 1.29 is 28.2 Å². The zero-order valence-corrected chi connectivity index (χ0v) is 19.3. The van der Waals surface area contributed by atoms with E-state index in [9.17, 15) is 18.7 Å². The number of ketones is 1. The summed E-state index contributed by atoms with van der Waals surface area (Å²) in [6.07, 6.45) is 5.76. The van der Waals surface area contributed by atoms with Crippen molar-refractivity contribution in [1.29, 1.82) is 0 Å². The lowest BCUT2D eigenvalue weighted by Gasteiger charge is -2.29. The van der Waals surface area contributed by atoms with E-state index in [4.69, 9.17) is 9.47 Å². The van der Waals surface area contributed by atoms with Crippen LogP contribution < -0.4 is 9.47 Å². The molecule has 1 atom stereocenters. The highest BCUT2D eigenvalue weighted by atomic mass is 19.1. The van der Waals surface area contributed by atoms with Crippen LogP contribution in [0.4, 0.5) is 8.78 Å². The molecule has 9 heteroatoms. The van der Waals surface area contributed by atoms with Crippen LogP contribution in [0.5, 0.6) is 11.5 Å². The lowest BCUT2D eigenvalue weighted by molar-refractivity contribution is -0.0297. The minimum absolute atomic E-state index is 0.146. The van der Waals surface area contributed by atoms with Gasteiger partial charge in [-0.2, -0.15) is 5.10 Å². The summed E-state index contributed by atoms with van der Waals surface area (Å²) in [5, 5.41) is 15.3. The average molecular weight is 491 g/mol. The van der Waals surface area contributed by atoms with E-state index < -0.39 is 17.2 Å². The van der Waals surface area contributed by atoms with Gasteiger partial charge in [0.15, 0.2) is 5.78 Å². The summed E-state index contributed by atoms with van der Waals surface area (Å²) < 4.78 is 40.3. The van der Waals surface area contributed by atoms with E-state index in [0.717, 1.165) is 11.6 Å². The topological polar surface area (TPSA) is 86.5 Å². The van der Waals surface area contributed by atoms with Gasteiger partial charge in [0.1, 0.15) is 48.0 Å². The van der Waals surface area contributed by atoms with Gasteiger partial charge in [-0.3, -0.25) is 4.79 Å². The molecular weight excluding hydrogens is 468 g/mol. The molecule has 1 heterocycles. The van der Waals surface area contributed by atoms with E-state index in [-0.39, 0.29) is 24.5 Å². The zero-order chi connectivity index (χ0) is 25.5. The van der Waals surface area contributed by atoms with Crippen molar-refractivity contribution in [3.8, 4) is 11.5 Å². The average Bonchev–Trinajstić information content (AvgIpc) is 3.39. The van der Waals surface area contributed by atoms with Gasteiger partial charge in [-0.1, -0.05) is 24.3 Å². The number of aromatic nitrogens is 3. The van der Waals surface area contributed by atoms with Crippen molar-refractivity contribution in [1.82, 2.24) is 14.8 Å². The molecule has 184 valence electrons. The van der Waals surface area contributed by atoms with E-state index in [1.165, 1.54) is 29.5 Å². The normalized spacial score (nSPS) is 12.9. The Morgan fingerprint density at radius 3 is 2.58 bits per heavy atom. The van der Waals surface area contributed by atoms with Gasteiger partial charge in [-0.05, 0) is 48.6 Å². The molecule has 0 saturated carbocycles. The smallest absolute Gasteiger partial charge is 0.185 e. The first-order chi connectivity index (χ1) is 17.4. The number of ether oxygens (including phenoxy) is 2. The number of carbonyl (C=O) groups excluding carboxylic acids is 1. The number of carbonyl (C=O) groups is 1. The first-order valence-electron chi connectivity index (χ1n) is 11.0. The van der Waals surface area contributed by atoms with Gasteiger partial charge in [0.2, 0.25) is 0 Å². The van der Waals surface area contributed by atoms with Crippen molar-refractivity contribution in [2.45, 2.75) is 12.1 Å². The molecule has 0 radical (unpaired) electrons. The number of hydrogen-bond acceptors (Lipinski definition) is 6. The monoisotopic (exact) mass is 491 g/mol. The summed E-state index contributed by atoms with van der Waals surface area (Å²) >= 11 is 0. The molecule has 36 heavy (non-hydrogen) atoms. The quantitative estimate of drug-likeness (QED) is 0.261. The molecule has 1 N–H and O–H groups in total. The van der Waals surface area contributed by atoms with Crippen LogP contribution in [0, 0.1) is 11.6 Å². The number of benzene rings is 3. The summed E-state index contributed by atoms with van der Waals surface area (Å²) in [6, 6.07) is 16.6. The molecule has 7 nitrogen and oxygen atoms in total. The van der Waals surface area contributed by atoms with Gasteiger partial charge >= 0.3 is 0 Å². The summed E-state index contributed by atoms with van der Waals surface area (Å²) in [4.78, 5) is 16.4. The number of methoxy groups -OCH3 is 1. The van der Waals surface area contributed by atoms with Crippen molar-refractivity contribution in [2.24, 2.45) is 0 Å². The molecule has 0 aliphatic heterocycles. The highest BCUT2D eigenvalue weighted by Crippen LogP contribution is 2.28. The molecule has 0 spiro atoms. The molecule has 1 unspecified atom stereocenters. The predicted molar refractivity (Wildman–Crippen MR) is 129 cm³/mol. The summed E-state index contributed by atoms with van der Waals surface area (Å²) in [7, 11) is 1.56. The Kier molecular flexibility index (Phi) is 7.50. The van der Waals surface area contributed by atoms with Crippen LogP contribution in [-0.4, -0.2) is 39.4 Å². The van der Waals surface area contributed by atoms with Crippen LogP contribution >= 0.6 is 0 Å². The first-order valence-corrected chi connectivity index (χ1v) is 11.0. The number of allylic oxidation sites excluding steroid dienone is 1. The second-order valence-corrected chi connectivity index (χ2v) is 8.00. The van der Waals surface area contributed by atoms with Crippen molar-refractivity contribution >= 4 is 11.9 Å². The van der Waals surface area contributed by atoms with Crippen LogP contribution in [0.1, 0.15) is 21.5 Å². The molecule has 0 amide bonds. The van der Waals surface area contributed by atoms with E-state index in [1.807, 2.05) is 18.2 Å². The lowest BCUT2D eigenvalue weighted by atomic mass is 9.94. The van der Waals surface area contributed by atoms with E-state index in [1.54, 1.807) is 43.5 Å². The van der Waals surface area contributed by atoms with Crippen LogP contribution in [0.15, 0.2) is 85.5 Å². The Morgan fingerprint density at radius 2 is 1.89 bits per heavy atom. The van der Waals surface area contributed by atoms with Gasteiger partial charge in [0.25, 0.3) is 0 Å². The van der Waals surface area contributed by atoms with Gasteiger partial charge in [0, 0.05) is 22.8 Å². The van der Waals surface area contributed by atoms with Crippen LogP contribution in [0.3, 0.4) is 0 Å². The molecule has 0 aliphatic rings. The largest absolute Gasteiger partial charge is 0.496 e. The molecule has 0 saturated heterocycles. The van der Waals surface area contributed by atoms with E-state index in [0.29, 0.717) is 23.1 Å². The molecule has 1 aromatic heterocycles. The molecule has 4 rings (SSSR count). The van der Waals surface area contributed by atoms with E-state index in [2.05, 4.69) is 10.1 Å². The minimum Gasteiger partial charge on any atom is -0.496 e. The Bertz CT molecular complexity index is 1360. The second-order valence-electron chi connectivity index (χ2n) is 8.00. The van der Waals surface area contributed by atoms with Crippen LogP contribution in [-0.2, 0) is 12.1 Å². The number of nitrogens with zero attached hydrogens (tertiary/aromatic N) is 3. The molecule has 0 bridgehead atoms. The molecule has 4 aromatic rings. The number of para-hydroxylation sites is 1. The maximum Gasteiger partial charge on any atom is 0.185 e. The molecular formula is C27H23F2N3O4. The van der Waals surface area contributed by atoms with Crippen LogP contribution in [0.25, 0.3) is 6.08 Å². The zero-order valence-electron chi connectivity index (χ0n) is 19.3. The lowest BCUT2D eigenvalue weighted by Crippen LogP contribution is -2.39. The second kappa shape index (κ2) is 10.9. The Balaban J connectivity index is 1.48. The number of hydrogen-bond donors (Lipinski definition) is 1. The minimum atomic E-state index is -1.88. The highest BCUT2D eigenvalue weighted by Gasteiger charge is 2.34. The maximum absolute atomic E-state index is 14.5.